The fourth-order valence-electron chi connectivity index (χ4n) is 4.70. The van der Waals surface area contributed by atoms with Gasteiger partial charge in [-0.05, 0) is 49.1 Å². The average molecular weight is 375 g/mol. The maximum absolute atomic E-state index is 13.2. The van der Waals surface area contributed by atoms with E-state index in [0.717, 1.165) is 57.6 Å². The lowest BCUT2D eigenvalue weighted by atomic mass is 9.85. The van der Waals surface area contributed by atoms with Crippen molar-refractivity contribution in [3.05, 3.63) is 66.1 Å². The minimum atomic E-state index is -0.171. The van der Waals surface area contributed by atoms with Gasteiger partial charge in [-0.25, -0.2) is 9.50 Å². The molecule has 6 nitrogen and oxygen atoms in total. The van der Waals surface area contributed by atoms with E-state index < -0.39 is 0 Å². The molecule has 2 aromatic heterocycles. The third kappa shape index (κ3) is 3.18. The van der Waals surface area contributed by atoms with Crippen molar-refractivity contribution in [2.75, 3.05) is 26.2 Å². The van der Waals surface area contributed by atoms with Crippen molar-refractivity contribution in [1.29, 1.82) is 0 Å². The molecule has 0 N–H and O–H groups in total. The Labute approximate surface area is 164 Å². The number of pyridine rings is 1. The summed E-state index contributed by atoms with van der Waals surface area (Å²) < 4.78 is 1.78. The summed E-state index contributed by atoms with van der Waals surface area (Å²) in [7, 11) is 0. The van der Waals surface area contributed by atoms with Crippen molar-refractivity contribution in [2.24, 2.45) is 5.41 Å². The van der Waals surface area contributed by atoms with Crippen LogP contribution in [0.25, 0.3) is 5.65 Å². The van der Waals surface area contributed by atoms with Crippen molar-refractivity contribution in [2.45, 2.75) is 25.8 Å². The highest BCUT2D eigenvalue weighted by Crippen LogP contribution is 2.41. The Bertz CT molecular complexity index is 985. The fraction of sp³-hybridized carbons (Fsp3) is 0.409. The molecule has 144 valence electrons. The van der Waals surface area contributed by atoms with E-state index in [9.17, 15) is 4.79 Å². The lowest BCUT2D eigenvalue weighted by molar-refractivity contribution is -0.135. The minimum absolute atomic E-state index is 0.171. The van der Waals surface area contributed by atoms with Crippen molar-refractivity contribution < 1.29 is 4.79 Å². The van der Waals surface area contributed by atoms with Gasteiger partial charge in [0.15, 0.2) is 5.65 Å². The number of carbonyl (C=O) groups is 1. The number of likely N-dealkylation sites (tertiary alicyclic amines) is 2. The molecule has 1 spiro atoms. The molecule has 0 saturated carbocycles. The Balaban J connectivity index is 1.21. The first kappa shape index (κ1) is 17.4. The highest BCUT2D eigenvalue weighted by Gasteiger charge is 2.50. The van der Waals surface area contributed by atoms with Crippen LogP contribution in [0.3, 0.4) is 0 Å². The molecule has 1 atom stereocenters. The Morgan fingerprint density at radius 2 is 1.89 bits per heavy atom. The summed E-state index contributed by atoms with van der Waals surface area (Å²) in [5.74, 6) is 0.360. The minimum Gasteiger partial charge on any atom is -0.342 e. The number of benzene rings is 1. The Morgan fingerprint density at radius 1 is 1.04 bits per heavy atom. The van der Waals surface area contributed by atoms with Gasteiger partial charge in [0.05, 0.1) is 5.41 Å². The topological polar surface area (TPSA) is 53.7 Å². The van der Waals surface area contributed by atoms with Crippen LogP contribution < -0.4 is 0 Å². The van der Waals surface area contributed by atoms with E-state index in [1.807, 2.05) is 12.3 Å². The highest BCUT2D eigenvalue weighted by molar-refractivity contribution is 5.85. The second kappa shape index (κ2) is 7.02. The van der Waals surface area contributed by atoms with E-state index in [1.54, 1.807) is 10.8 Å². The summed E-state index contributed by atoms with van der Waals surface area (Å²) >= 11 is 0. The van der Waals surface area contributed by atoms with Gasteiger partial charge in [0.2, 0.25) is 5.91 Å². The van der Waals surface area contributed by atoms with Crippen molar-refractivity contribution in [3.8, 4) is 0 Å². The molecule has 0 bridgehead atoms. The normalized spacial score (nSPS) is 22.7. The van der Waals surface area contributed by atoms with Crippen molar-refractivity contribution in [3.63, 3.8) is 0 Å². The van der Waals surface area contributed by atoms with Gasteiger partial charge in [-0.3, -0.25) is 9.69 Å². The molecule has 2 fully saturated rings. The van der Waals surface area contributed by atoms with Gasteiger partial charge in [0, 0.05) is 32.4 Å². The predicted molar refractivity (Wildman–Crippen MR) is 107 cm³/mol. The smallest absolute Gasteiger partial charge is 0.230 e. The first-order valence-electron chi connectivity index (χ1n) is 10.1. The van der Waals surface area contributed by atoms with Gasteiger partial charge >= 0.3 is 0 Å². The zero-order chi connectivity index (χ0) is 19.0. The fourth-order valence-corrected chi connectivity index (χ4v) is 4.70. The summed E-state index contributed by atoms with van der Waals surface area (Å²) in [6, 6.07) is 14.6. The van der Waals surface area contributed by atoms with Crippen LogP contribution in [-0.4, -0.2) is 56.5 Å². The molecule has 28 heavy (non-hydrogen) atoms. The predicted octanol–water partition coefficient (Wildman–Crippen LogP) is 2.40. The molecule has 2 saturated heterocycles. The van der Waals surface area contributed by atoms with Crippen molar-refractivity contribution in [1.82, 2.24) is 24.4 Å². The van der Waals surface area contributed by atoms with Gasteiger partial charge in [-0.2, -0.15) is 5.10 Å². The number of aromatic nitrogens is 3. The second-order valence-electron chi connectivity index (χ2n) is 8.12. The SMILES string of the molecule is O=C1N(CCc2ccccc2)CCC12CCN(Cc1ccn3ncnc3c1)C2. The van der Waals surface area contributed by atoms with Crippen LogP contribution >= 0.6 is 0 Å². The molecule has 0 radical (unpaired) electrons. The number of amides is 1. The standard InChI is InChI=1S/C22H25N5O/c28-21-22(9-13-26(21)10-6-18-4-2-1-3-5-18)8-12-25(16-22)15-19-7-11-27-20(14-19)23-17-24-27/h1-5,7,11,14,17H,6,8-10,12-13,15-16H2. The highest BCUT2D eigenvalue weighted by atomic mass is 16.2. The van der Waals surface area contributed by atoms with E-state index in [4.69, 9.17) is 0 Å². The van der Waals surface area contributed by atoms with Crippen LogP contribution in [0.1, 0.15) is 24.0 Å². The summed E-state index contributed by atoms with van der Waals surface area (Å²) in [6.45, 7) is 4.43. The quantitative estimate of drug-likeness (QED) is 0.687. The van der Waals surface area contributed by atoms with Crippen LogP contribution in [0.15, 0.2) is 55.0 Å². The zero-order valence-electron chi connectivity index (χ0n) is 16.0. The largest absolute Gasteiger partial charge is 0.342 e. The van der Waals surface area contributed by atoms with Crippen molar-refractivity contribution >= 4 is 11.6 Å². The molecule has 6 heteroatoms. The molecule has 1 aromatic carbocycles. The van der Waals surface area contributed by atoms with E-state index in [0.29, 0.717) is 5.91 Å². The molecule has 4 heterocycles. The summed E-state index contributed by atoms with van der Waals surface area (Å²) in [6.07, 6.45) is 6.42. The van der Waals surface area contributed by atoms with Gasteiger partial charge in [-0.1, -0.05) is 30.3 Å². The lowest BCUT2D eigenvalue weighted by Gasteiger charge is -2.24. The molecular weight excluding hydrogens is 350 g/mol. The van der Waals surface area contributed by atoms with E-state index in [2.05, 4.69) is 56.3 Å². The molecule has 1 unspecified atom stereocenters. The first-order chi connectivity index (χ1) is 13.7. The molecule has 5 rings (SSSR count). The lowest BCUT2D eigenvalue weighted by Crippen LogP contribution is -2.37. The maximum atomic E-state index is 13.2. The summed E-state index contributed by atoms with van der Waals surface area (Å²) in [5, 5.41) is 4.15. The summed E-state index contributed by atoms with van der Waals surface area (Å²) in [4.78, 5) is 21.9. The monoisotopic (exact) mass is 375 g/mol. The number of hydrogen-bond donors (Lipinski definition) is 0. The molecule has 1 amide bonds. The third-order valence-electron chi connectivity index (χ3n) is 6.30. The molecule has 0 aliphatic carbocycles. The van der Waals surface area contributed by atoms with E-state index in [1.165, 1.54) is 11.1 Å². The zero-order valence-corrected chi connectivity index (χ0v) is 16.0. The van der Waals surface area contributed by atoms with Gasteiger partial charge in [-0.15, -0.1) is 0 Å². The van der Waals surface area contributed by atoms with Crippen LogP contribution in [0.4, 0.5) is 0 Å². The Hall–Kier alpha value is -2.73. The number of rotatable bonds is 5. The number of fused-ring (bicyclic) bond motifs is 1. The van der Waals surface area contributed by atoms with Gasteiger partial charge < -0.3 is 4.90 Å². The number of carbonyl (C=O) groups excluding carboxylic acids is 1. The molecular formula is C22H25N5O. The van der Waals surface area contributed by atoms with Crippen LogP contribution in [-0.2, 0) is 17.8 Å². The second-order valence-corrected chi connectivity index (χ2v) is 8.12. The average Bonchev–Trinajstić information content (AvgIpc) is 3.42. The first-order valence-corrected chi connectivity index (χ1v) is 10.1. The van der Waals surface area contributed by atoms with E-state index >= 15 is 0 Å². The molecule has 2 aliphatic heterocycles. The van der Waals surface area contributed by atoms with Gasteiger partial charge in [0.25, 0.3) is 0 Å². The number of hydrogen-bond acceptors (Lipinski definition) is 4. The molecule has 3 aromatic rings. The summed E-state index contributed by atoms with van der Waals surface area (Å²) in [5.41, 5.74) is 3.22. The van der Waals surface area contributed by atoms with Gasteiger partial charge in [0.1, 0.15) is 6.33 Å². The maximum Gasteiger partial charge on any atom is 0.230 e. The van der Waals surface area contributed by atoms with Crippen LogP contribution in [0.2, 0.25) is 0 Å². The van der Waals surface area contributed by atoms with Crippen LogP contribution in [0.5, 0.6) is 0 Å². The van der Waals surface area contributed by atoms with Crippen LogP contribution in [0, 0.1) is 5.41 Å². The Kier molecular flexibility index (Phi) is 4.36. The third-order valence-corrected chi connectivity index (χ3v) is 6.30. The Morgan fingerprint density at radius 3 is 2.79 bits per heavy atom. The van der Waals surface area contributed by atoms with E-state index in [-0.39, 0.29) is 5.41 Å². The molecule has 2 aliphatic rings. The number of nitrogens with zero attached hydrogens (tertiary/aromatic N) is 5.